The lowest BCUT2D eigenvalue weighted by atomic mass is 10.0. The average Bonchev–Trinajstić information content (AvgIpc) is 2.70. The van der Waals surface area contributed by atoms with E-state index in [1.54, 1.807) is 25.1 Å². The second-order valence-corrected chi connectivity index (χ2v) is 4.57. The van der Waals surface area contributed by atoms with Gasteiger partial charge in [-0.1, -0.05) is 29.3 Å². The molecule has 0 atom stereocenters. The minimum atomic E-state index is -0.309. The van der Waals surface area contributed by atoms with Crippen molar-refractivity contribution in [3.63, 3.8) is 0 Å². The Morgan fingerprint density at radius 2 is 1.95 bits per heavy atom. The number of halogens is 2. The minimum absolute atomic E-state index is 0.163. The molecule has 1 aromatic rings. The van der Waals surface area contributed by atoms with Gasteiger partial charge in [-0.25, -0.2) is 10.1 Å². The Morgan fingerprint density at radius 3 is 2.42 bits per heavy atom. The number of fused-ring (bicyclic) bond motifs is 1. The summed E-state index contributed by atoms with van der Waals surface area (Å²) in [4.78, 5) is 15.5. The van der Waals surface area contributed by atoms with Gasteiger partial charge < -0.3 is 0 Å². The molecule has 0 aromatic heterocycles. The Bertz CT molecular complexity index is 730. The van der Waals surface area contributed by atoms with Crippen molar-refractivity contribution in [1.82, 2.24) is 0 Å². The molecule has 92 valence electrons. The number of Topliss-reactive ketones (excluding diaryl/α,β-unsaturated/α-hetero) is 1. The van der Waals surface area contributed by atoms with Crippen LogP contribution in [0.5, 0.6) is 0 Å². The smallest absolute Gasteiger partial charge is 0.270 e. The van der Waals surface area contributed by atoms with Gasteiger partial charge in [-0.15, -0.1) is 0 Å². The lowest BCUT2D eigenvalue weighted by Crippen LogP contribution is -1.96. The van der Waals surface area contributed by atoms with E-state index in [1.807, 2.05) is 0 Å². The second kappa shape index (κ2) is 4.90. The topological polar surface area (TPSA) is 45.2 Å². The van der Waals surface area contributed by atoms with Crippen LogP contribution in [0.15, 0.2) is 29.5 Å². The van der Waals surface area contributed by atoms with E-state index in [9.17, 15) is 4.79 Å². The van der Waals surface area contributed by atoms with Crippen molar-refractivity contribution in [2.24, 2.45) is 0 Å². The number of carbonyl (C=O) groups excluding carboxylic acids is 1. The summed E-state index contributed by atoms with van der Waals surface area (Å²) >= 11 is 12.1. The Hall–Kier alpha value is -2.07. The summed E-state index contributed by atoms with van der Waals surface area (Å²) in [7, 11) is 0. The molecule has 3 nitrogen and oxygen atoms in total. The maximum absolute atomic E-state index is 12.3. The van der Waals surface area contributed by atoms with Crippen LogP contribution in [-0.2, 0) is 0 Å². The standard InChI is InChI=1S/C14H6Cl2N2O/c1-3-7-11(10(6-17)18-2)12-8(15)4-5-9(16)13(12)14(7)19/h3-5H,1H3/b7-3-,11-10?. The Kier molecular flexibility index (Phi) is 3.44. The molecule has 0 spiro atoms. The first-order chi connectivity index (χ1) is 9.06. The summed E-state index contributed by atoms with van der Waals surface area (Å²) in [5.41, 5.74) is 1.03. The second-order valence-electron chi connectivity index (χ2n) is 3.76. The van der Waals surface area contributed by atoms with Gasteiger partial charge in [0.2, 0.25) is 0 Å². The van der Waals surface area contributed by atoms with E-state index in [0.717, 1.165) is 0 Å². The minimum Gasteiger partial charge on any atom is -0.289 e. The first-order valence-electron chi connectivity index (χ1n) is 5.28. The third-order valence-corrected chi connectivity index (χ3v) is 3.47. The van der Waals surface area contributed by atoms with Gasteiger partial charge in [0, 0.05) is 27.3 Å². The Labute approximate surface area is 120 Å². The van der Waals surface area contributed by atoms with E-state index in [2.05, 4.69) is 4.85 Å². The largest absolute Gasteiger partial charge is 0.289 e. The van der Waals surface area contributed by atoms with E-state index in [-0.39, 0.29) is 33.2 Å². The predicted molar refractivity (Wildman–Crippen MR) is 73.7 cm³/mol. The molecule has 0 heterocycles. The number of benzene rings is 1. The van der Waals surface area contributed by atoms with Crippen LogP contribution >= 0.6 is 23.2 Å². The van der Waals surface area contributed by atoms with Crippen LogP contribution in [-0.4, -0.2) is 5.78 Å². The molecule has 0 aliphatic heterocycles. The van der Waals surface area contributed by atoms with E-state index >= 15 is 0 Å². The Balaban J connectivity index is 3.00. The van der Waals surface area contributed by atoms with Crippen LogP contribution in [0.4, 0.5) is 0 Å². The molecule has 0 unspecified atom stereocenters. The third-order valence-electron chi connectivity index (χ3n) is 2.84. The van der Waals surface area contributed by atoms with E-state index < -0.39 is 0 Å². The first kappa shape index (κ1) is 13.4. The van der Waals surface area contributed by atoms with Crippen molar-refractivity contribution >= 4 is 34.6 Å². The van der Waals surface area contributed by atoms with Crippen molar-refractivity contribution in [3.8, 4) is 6.07 Å². The fourth-order valence-electron chi connectivity index (χ4n) is 2.06. The average molecular weight is 289 g/mol. The first-order valence-corrected chi connectivity index (χ1v) is 6.04. The number of nitrogens with zero attached hydrogens (tertiary/aromatic N) is 2. The van der Waals surface area contributed by atoms with Crippen molar-refractivity contribution in [1.29, 1.82) is 5.26 Å². The van der Waals surface area contributed by atoms with Crippen LogP contribution in [0, 0.1) is 17.9 Å². The lowest BCUT2D eigenvalue weighted by Gasteiger charge is -2.04. The van der Waals surface area contributed by atoms with E-state index in [1.165, 1.54) is 6.07 Å². The number of hydrogen-bond donors (Lipinski definition) is 0. The maximum Gasteiger partial charge on any atom is 0.270 e. The molecule has 1 aromatic carbocycles. The monoisotopic (exact) mass is 288 g/mol. The van der Waals surface area contributed by atoms with Gasteiger partial charge in [0.25, 0.3) is 5.70 Å². The summed E-state index contributed by atoms with van der Waals surface area (Å²) < 4.78 is 0. The van der Waals surface area contributed by atoms with Gasteiger partial charge in [0.1, 0.15) is 0 Å². The summed E-state index contributed by atoms with van der Waals surface area (Å²) in [6.07, 6.45) is 1.56. The highest BCUT2D eigenvalue weighted by atomic mass is 35.5. The number of ketones is 1. The van der Waals surface area contributed by atoms with Gasteiger partial charge in [0.15, 0.2) is 5.78 Å². The number of allylic oxidation sites excluding steroid dienone is 4. The molecule has 0 bridgehead atoms. The SMILES string of the molecule is [C-]#[N+]C(C#N)=C1/C(=C/C)C(=O)c2c(Cl)ccc(Cl)c21. The molecule has 1 aliphatic carbocycles. The highest BCUT2D eigenvalue weighted by Gasteiger charge is 2.35. The van der Waals surface area contributed by atoms with Gasteiger partial charge in [-0.3, -0.25) is 4.79 Å². The summed E-state index contributed by atoms with van der Waals surface area (Å²) in [6.45, 7) is 8.72. The zero-order chi connectivity index (χ0) is 14.2. The van der Waals surface area contributed by atoms with Crippen molar-refractivity contribution in [2.45, 2.75) is 6.92 Å². The van der Waals surface area contributed by atoms with Crippen molar-refractivity contribution in [3.05, 3.63) is 62.1 Å². The molecule has 0 N–H and O–H groups in total. The van der Waals surface area contributed by atoms with Crippen LogP contribution in [0.2, 0.25) is 10.0 Å². The molecular formula is C14H6Cl2N2O. The number of carbonyl (C=O) groups is 1. The molecule has 5 heteroatoms. The zero-order valence-electron chi connectivity index (χ0n) is 9.79. The highest BCUT2D eigenvalue weighted by Crippen LogP contribution is 2.45. The maximum atomic E-state index is 12.3. The highest BCUT2D eigenvalue weighted by molar-refractivity contribution is 6.42. The lowest BCUT2D eigenvalue weighted by molar-refractivity contribution is 0.104. The molecular weight excluding hydrogens is 283 g/mol. The van der Waals surface area contributed by atoms with E-state index in [0.29, 0.717) is 10.6 Å². The normalized spacial score (nSPS) is 17.9. The van der Waals surface area contributed by atoms with Crippen molar-refractivity contribution in [2.75, 3.05) is 0 Å². The predicted octanol–water partition coefficient (Wildman–Crippen LogP) is 4.29. The van der Waals surface area contributed by atoms with Gasteiger partial charge in [-0.05, 0) is 19.1 Å². The number of rotatable bonds is 0. The van der Waals surface area contributed by atoms with Crippen molar-refractivity contribution < 1.29 is 4.79 Å². The van der Waals surface area contributed by atoms with Crippen LogP contribution in [0.3, 0.4) is 0 Å². The molecule has 0 amide bonds. The molecule has 2 rings (SSSR count). The number of hydrogen-bond acceptors (Lipinski definition) is 2. The molecule has 0 saturated heterocycles. The molecule has 1 aliphatic rings. The van der Waals surface area contributed by atoms with Gasteiger partial charge in [-0.2, -0.15) is 0 Å². The molecule has 0 saturated carbocycles. The zero-order valence-corrected chi connectivity index (χ0v) is 11.3. The Morgan fingerprint density at radius 1 is 1.37 bits per heavy atom. The fraction of sp³-hybridized carbons (Fsp3) is 0.0714. The summed E-state index contributed by atoms with van der Waals surface area (Å²) in [5.74, 6) is -0.309. The van der Waals surface area contributed by atoms with Gasteiger partial charge in [0.05, 0.1) is 17.7 Å². The third kappa shape index (κ3) is 1.85. The summed E-state index contributed by atoms with van der Waals surface area (Å²) in [6, 6.07) is 4.87. The van der Waals surface area contributed by atoms with Crippen LogP contribution in [0.25, 0.3) is 10.4 Å². The molecule has 19 heavy (non-hydrogen) atoms. The molecule has 0 fully saturated rings. The van der Waals surface area contributed by atoms with Gasteiger partial charge >= 0.3 is 0 Å². The van der Waals surface area contributed by atoms with Crippen LogP contribution < -0.4 is 0 Å². The fourth-order valence-corrected chi connectivity index (χ4v) is 2.55. The number of nitriles is 1. The molecule has 0 radical (unpaired) electrons. The quantitative estimate of drug-likeness (QED) is 0.406. The van der Waals surface area contributed by atoms with E-state index in [4.69, 9.17) is 35.0 Å². The van der Waals surface area contributed by atoms with Crippen LogP contribution in [0.1, 0.15) is 22.8 Å². The summed E-state index contributed by atoms with van der Waals surface area (Å²) in [5, 5.41) is 9.60.